The third kappa shape index (κ3) is 4.38. The summed E-state index contributed by atoms with van der Waals surface area (Å²) in [5.74, 6) is -0.506. The van der Waals surface area contributed by atoms with Gasteiger partial charge >= 0.3 is 0 Å². The van der Waals surface area contributed by atoms with Crippen LogP contribution in [0.25, 0.3) is 0 Å². The summed E-state index contributed by atoms with van der Waals surface area (Å²) in [6.45, 7) is 4.87. The number of hydrogen-bond acceptors (Lipinski definition) is 4. The lowest BCUT2D eigenvalue weighted by Gasteiger charge is -2.29. The van der Waals surface area contributed by atoms with Crippen molar-refractivity contribution >= 4 is 27.3 Å². The Bertz CT molecular complexity index is 521. The highest BCUT2D eigenvalue weighted by atomic mass is 79.9. The minimum atomic E-state index is -0.506. The van der Waals surface area contributed by atoms with Crippen molar-refractivity contribution in [2.45, 2.75) is 32.2 Å². The maximum atomic E-state index is 13.6. The van der Waals surface area contributed by atoms with Gasteiger partial charge in [0.15, 0.2) is 0 Å². The molecule has 7 heteroatoms. The number of likely N-dealkylation sites (tertiary alicyclic amines) is 1. The fraction of sp³-hybridized carbons (Fsp3) is 0.571. The number of nitro groups is 1. The van der Waals surface area contributed by atoms with E-state index >= 15 is 0 Å². The molecule has 0 spiro atoms. The van der Waals surface area contributed by atoms with Gasteiger partial charge in [-0.3, -0.25) is 10.1 Å². The van der Waals surface area contributed by atoms with E-state index in [0.29, 0.717) is 0 Å². The number of piperidine rings is 1. The van der Waals surface area contributed by atoms with Crippen molar-refractivity contribution in [3.63, 3.8) is 0 Å². The fourth-order valence-electron chi connectivity index (χ4n) is 2.64. The molecule has 2 rings (SSSR count). The molecule has 0 bridgehead atoms. The van der Waals surface area contributed by atoms with Crippen molar-refractivity contribution in [1.82, 2.24) is 4.90 Å². The second-order valence-electron chi connectivity index (χ2n) is 5.45. The lowest BCUT2D eigenvalue weighted by atomic mass is 10.1. The Kier molecular flexibility index (Phi) is 5.52. The predicted molar refractivity (Wildman–Crippen MR) is 84.1 cm³/mol. The van der Waals surface area contributed by atoms with Crippen LogP contribution in [0.3, 0.4) is 0 Å². The Hall–Kier alpha value is -1.21. The molecule has 21 heavy (non-hydrogen) atoms. The first-order valence-corrected chi connectivity index (χ1v) is 7.89. The molecule has 1 atom stereocenters. The summed E-state index contributed by atoms with van der Waals surface area (Å²) < 4.78 is 13.7. The molecule has 0 radical (unpaired) electrons. The molecule has 0 amide bonds. The molecule has 1 unspecified atom stereocenters. The minimum absolute atomic E-state index is 0.0161. The molecule has 0 aromatic heterocycles. The Labute approximate surface area is 131 Å². The van der Waals surface area contributed by atoms with Gasteiger partial charge in [-0.2, -0.15) is 0 Å². The number of nitrogens with zero attached hydrogens (tertiary/aromatic N) is 2. The zero-order valence-electron chi connectivity index (χ0n) is 11.9. The summed E-state index contributed by atoms with van der Waals surface area (Å²) in [5.41, 5.74) is 0.110. The quantitative estimate of drug-likeness (QED) is 0.641. The molecule has 1 fully saturated rings. The van der Waals surface area contributed by atoms with Crippen LogP contribution in [0.1, 0.15) is 26.2 Å². The highest BCUT2D eigenvalue weighted by Crippen LogP contribution is 2.31. The van der Waals surface area contributed by atoms with Gasteiger partial charge in [-0.25, -0.2) is 4.39 Å². The summed E-state index contributed by atoms with van der Waals surface area (Å²) in [7, 11) is 0. The van der Waals surface area contributed by atoms with E-state index in [9.17, 15) is 14.5 Å². The smallest absolute Gasteiger partial charge is 0.293 e. The molecule has 1 aliphatic heterocycles. The van der Waals surface area contributed by atoms with Gasteiger partial charge in [-0.05, 0) is 48.8 Å². The number of halogens is 2. The summed E-state index contributed by atoms with van der Waals surface area (Å²) in [6, 6.07) is 2.39. The van der Waals surface area contributed by atoms with E-state index in [1.54, 1.807) is 0 Å². The molecule has 1 aromatic rings. The highest BCUT2D eigenvalue weighted by Gasteiger charge is 2.20. The van der Waals surface area contributed by atoms with Crippen LogP contribution >= 0.6 is 15.9 Å². The van der Waals surface area contributed by atoms with Crippen LogP contribution in [0.5, 0.6) is 0 Å². The van der Waals surface area contributed by atoms with Crippen molar-refractivity contribution < 1.29 is 9.31 Å². The summed E-state index contributed by atoms with van der Waals surface area (Å²) >= 11 is 2.98. The molecule has 0 aliphatic carbocycles. The summed E-state index contributed by atoms with van der Waals surface area (Å²) in [4.78, 5) is 12.9. The van der Waals surface area contributed by atoms with Gasteiger partial charge in [0.05, 0.1) is 9.40 Å². The first kappa shape index (κ1) is 16.2. The largest absolute Gasteiger partial charge is 0.376 e. The number of nitrogens with one attached hydrogen (secondary N) is 1. The molecule has 0 saturated carbocycles. The zero-order chi connectivity index (χ0) is 15.4. The number of nitro benzene ring substituents is 1. The van der Waals surface area contributed by atoms with E-state index in [0.717, 1.165) is 19.6 Å². The summed E-state index contributed by atoms with van der Waals surface area (Å²) in [5, 5.41) is 14.1. The SMILES string of the molecule is CC(CN1CCCCC1)Nc1cc(F)c(Br)cc1[N+](=O)[O-]. The lowest BCUT2D eigenvalue weighted by molar-refractivity contribution is -0.384. The van der Waals surface area contributed by atoms with E-state index in [1.807, 2.05) is 6.92 Å². The van der Waals surface area contributed by atoms with Gasteiger partial charge in [-0.15, -0.1) is 0 Å². The normalized spacial score (nSPS) is 17.5. The third-order valence-electron chi connectivity index (χ3n) is 3.62. The second-order valence-corrected chi connectivity index (χ2v) is 6.30. The van der Waals surface area contributed by atoms with Crippen molar-refractivity contribution in [2.75, 3.05) is 25.0 Å². The predicted octanol–water partition coefficient (Wildman–Crippen LogP) is 3.78. The van der Waals surface area contributed by atoms with Gasteiger partial charge in [0.2, 0.25) is 0 Å². The van der Waals surface area contributed by atoms with Crippen LogP contribution < -0.4 is 5.32 Å². The zero-order valence-corrected chi connectivity index (χ0v) is 13.5. The van der Waals surface area contributed by atoms with E-state index in [-0.39, 0.29) is 21.9 Å². The maximum absolute atomic E-state index is 13.6. The Morgan fingerprint density at radius 1 is 1.43 bits per heavy atom. The molecule has 116 valence electrons. The highest BCUT2D eigenvalue weighted by molar-refractivity contribution is 9.10. The topological polar surface area (TPSA) is 58.4 Å². The second kappa shape index (κ2) is 7.17. The van der Waals surface area contributed by atoms with Gasteiger partial charge in [0.1, 0.15) is 11.5 Å². The Morgan fingerprint density at radius 2 is 2.10 bits per heavy atom. The fourth-order valence-corrected chi connectivity index (χ4v) is 2.97. The van der Waals surface area contributed by atoms with Crippen LogP contribution in [0, 0.1) is 15.9 Å². The molecule has 5 nitrogen and oxygen atoms in total. The van der Waals surface area contributed by atoms with E-state index < -0.39 is 10.7 Å². The molecular weight excluding hydrogens is 341 g/mol. The molecule has 1 aliphatic rings. The van der Waals surface area contributed by atoms with Crippen molar-refractivity contribution in [3.8, 4) is 0 Å². The molecular formula is C14H19BrFN3O2. The Balaban J connectivity index is 2.07. The molecule has 1 aromatic carbocycles. The van der Waals surface area contributed by atoms with E-state index in [2.05, 4.69) is 26.1 Å². The lowest BCUT2D eigenvalue weighted by Crippen LogP contribution is -2.38. The standard InChI is InChI=1S/C14H19BrFN3O2/c1-10(9-18-5-3-2-4-6-18)17-13-8-12(16)11(15)7-14(13)19(20)21/h7-8,10,17H,2-6,9H2,1H3. The van der Waals surface area contributed by atoms with E-state index in [1.165, 1.54) is 31.4 Å². The minimum Gasteiger partial charge on any atom is -0.376 e. The first-order chi connectivity index (χ1) is 9.97. The number of anilines is 1. The van der Waals surface area contributed by atoms with Crippen molar-refractivity contribution in [3.05, 3.63) is 32.5 Å². The number of hydrogen-bond donors (Lipinski definition) is 1. The van der Waals surface area contributed by atoms with Crippen molar-refractivity contribution in [1.29, 1.82) is 0 Å². The molecule has 1 saturated heterocycles. The average molecular weight is 360 g/mol. The summed E-state index contributed by atoms with van der Waals surface area (Å²) in [6.07, 6.45) is 3.65. The van der Waals surface area contributed by atoms with Gasteiger partial charge in [-0.1, -0.05) is 6.42 Å². The van der Waals surface area contributed by atoms with E-state index in [4.69, 9.17) is 0 Å². The molecule has 1 N–H and O–H groups in total. The van der Waals surface area contributed by atoms with Crippen LogP contribution in [0.15, 0.2) is 16.6 Å². The van der Waals surface area contributed by atoms with Gasteiger partial charge < -0.3 is 10.2 Å². The maximum Gasteiger partial charge on any atom is 0.293 e. The van der Waals surface area contributed by atoms with Crippen LogP contribution in [0.4, 0.5) is 15.8 Å². The average Bonchev–Trinajstić information content (AvgIpc) is 2.43. The number of benzene rings is 1. The molecule has 1 heterocycles. The third-order valence-corrected chi connectivity index (χ3v) is 4.23. The van der Waals surface area contributed by atoms with Gasteiger partial charge in [0, 0.05) is 24.7 Å². The van der Waals surface area contributed by atoms with Crippen LogP contribution in [-0.2, 0) is 0 Å². The monoisotopic (exact) mass is 359 g/mol. The van der Waals surface area contributed by atoms with Crippen LogP contribution in [-0.4, -0.2) is 35.5 Å². The van der Waals surface area contributed by atoms with Gasteiger partial charge in [0.25, 0.3) is 5.69 Å². The Morgan fingerprint density at radius 3 is 2.71 bits per heavy atom. The number of rotatable bonds is 5. The van der Waals surface area contributed by atoms with Crippen LogP contribution in [0.2, 0.25) is 0 Å². The first-order valence-electron chi connectivity index (χ1n) is 7.09. The van der Waals surface area contributed by atoms with Crippen molar-refractivity contribution in [2.24, 2.45) is 0 Å².